The molecule has 21 heavy (non-hydrogen) atoms. The number of rotatable bonds is 3. The van der Waals surface area contributed by atoms with Gasteiger partial charge in [0.2, 0.25) is 0 Å². The van der Waals surface area contributed by atoms with E-state index in [4.69, 9.17) is 15.2 Å². The molecule has 0 radical (unpaired) electrons. The third-order valence-electron chi connectivity index (χ3n) is 3.31. The van der Waals surface area contributed by atoms with Crippen LogP contribution >= 0.6 is 0 Å². The number of hydrogen-bond acceptors (Lipinski definition) is 4. The molecule has 1 aromatic carbocycles. The molecule has 1 atom stereocenters. The SMILES string of the molecule is CC(C)(C)OC(=O)N(Cc1ccc(N)cc1)[C@@H]1CCOC1. The van der Waals surface area contributed by atoms with Crippen molar-refractivity contribution in [2.24, 2.45) is 0 Å². The number of ether oxygens (including phenoxy) is 2. The van der Waals surface area contributed by atoms with E-state index in [1.165, 1.54) is 0 Å². The first kappa shape index (κ1) is 15.6. The van der Waals surface area contributed by atoms with Crippen LogP contribution in [0.5, 0.6) is 0 Å². The molecule has 0 unspecified atom stereocenters. The highest BCUT2D eigenvalue weighted by atomic mass is 16.6. The minimum absolute atomic E-state index is 0.0670. The zero-order valence-electron chi connectivity index (χ0n) is 13.0. The maximum atomic E-state index is 12.4. The molecule has 1 amide bonds. The van der Waals surface area contributed by atoms with Gasteiger partial charge in [0.1, 0.15) is 5.60 Å². The topological polar surface area (TPSA) is 64.8 Å². The average Bonchev–Trinajstić information content (AvgIpc) is 2.89. The second kappa shape index (κ2) is 6.35. The van der Waals surface area contributed by atoms with Crippen LogP contribution in [0.3, 0.4) is 0 Å². The minimum atomic E-state index is -0.504. The Kier molecular flexibility index (Phi) is 4.73. The summed E-state index contributed by atoms with van der Waals surface area (Å²) >= 11 is 0. The Morgan fingerprint density at radius 2 is 2.05 bits per heavy atom. The highest BCUT2D eigenvalue weighted by molar-refractivity contribution is 5.68. The fraction of sp³-hybridized carbons (Fsp3) is 0.562. The van der Waals surface area contributed by atoms with Gasteiger partial charge in [0, 0.05) is 18.8 Å². The molecule has 1 saturated heterocycles. The summed E-state index contributed by atoms with van der Waals surface area (Å²) in [5, 5.41) is 0. The molecular formula is C16H24N2O3. The van der Waals surface area contributed by atoms with Gasteiger partial charge in [-0.15, -0.1) is 0 Å². The van der Waals surface area contributed by atoms with Crippen LogP contribution in [-0.4, -0.2) is 35.8 Å². The first-order valence-corrected chi connectivity index (χ1v) is 7.27. The first-order chi connectivity index (χ1) is 9.85. The van der Waals surface area contributed by atoms with Crippen molar-refractivity contribution >= 4 is 11.8 Å². The number of anilines is 1. The Hall–Kier alpha value is -1.75. The Balaban J connectivity index is 2.11. The Morgan fingerprint density at radius 3 is 2.57 bits per heavy atom. The van der Waals surface area contributed by atoms with Gasteiger partial charge in [0.05, 0.1) is 12.6 Å². The number of nitrogen functional groups attached to an aromatic ring is 1. The predicted octanol–water partition coefficient (Wildman–Crippen LogP) is 2.79. The van der Waals surface area contributed by atoms with Gasteiger partial charge in [-0.05, 0) is 44.9 Å². The van der Waals surface area contributed by atoms with Crippen molar-refractivity contribution in [3.8, 4) is 0 Å². The highest BCUT2D eigenvalue weighted by Crippen LogP contribution is 2.20. The van der Waals surface area contributed by atoms with E-state index < -0.39 is 5.60 Å². The smallest absolute Gasteiger partial charge is 0.410 e. The number of amides is 1. The summed E-state index contributed by atoms with van der Waals surface area (Å²) in [4.78, 5) is 14.2. The normalized spacial score (nSPS) is 18.5. The third kappa shape index (κ3) is 4.63. The van der Waals surface area contributed by atoms with Crippen LogP contribution in [0.25, 0.3) is 0 Å². The van der Waals surface area contributed by atoms with Gasteiger partial charge < -0.3 is 15.2 Å². The molecule has 1 aliphatic rings. The van der Waals surface area contributed by atoms with Crippen LogP contribution in [0.1, 0.15) is 32.8 Å². The van der Waals surface area contributed by atoms with Crippen molar-refractivity contribution in [1.82, 2.24) is 4.90 Å². The summed E-state index contributed by atoms with van der Waals surface area (Å²) in [7, 11) is 0. The lowest BCUT2D eigenvalue weighted by molar-refractivity contribution is 0.0126. The molecule has 116 valence electrons. The van der Waals surface area contributed by atoms with E-state index in [-0.39, 0.29) is 12.1 Å². The van der Waals surface area contributed by atoms with Crippen molar-refractivity contribution in [1.29, 1.82) is 0 Å². The lowest BCUT2D eigenvalue weighted by atomic mass is 10.1. The van der Waals surface area contributed by atoms with Crippen LogP contribution in [0, 0.1) is 0 Å². The standard InChI is InChI=1S/C16H24N2O3/c1-16(2,3)21-15(19)18(14-8-9-20-11-14)10-12-4-6-13(17)7-5-12/h4-7,14H,8-11,17H2,1-3H3/t14-/m1/s1. The van der Waals surface area contributed by atoms with E-state index >= 15 is 0 Å². The van der Waals surface area contributed by atoms with Crippen molar-refractivity contribution in [3.05, 3.63) is 29.8 Å². The monoisotopic (exact) mass is 292 g/mol. The van der Waals surface area contributed by atoms with E-state index in [9.17, 15) is 4.79 Å². The summed E-state index contributed by atoms with van der Waals surface area (Å²) in [5.41, 5.74) is 6.94. The second-order valence-electron chi connectivity index (χ2n) is 6.37. The molecule has 0 spiro atoms. The van der Waals surface area contributed by atoms with Crippen molar-refractivity contribution in [2.75, 3.05) is 18.9 Å². The molecule has 2 rings (SSSR count). The van der Waals surface area contributed by atoms with Gasteiger partial charge in [0.25, 0.3) is 0 Å². The first-order valence-electron chi connectivity index (χ1n) is 7.27. The van der Waals surface area contributed by atoms with Gasteiger partial charge in [-0.3, -0.25) is 4.90 Å². The molecule has 1 heterocycles. The molecule has 1 fully saturated rings. The Labute approximate surface area is 126 Å². The van der Waals surface area contributed by atoms with E-state index in [0.29, 0.717) is 25.4 Å². The fourth-order valence-corrected chi connectivity index (χ4v) is 2.25. The molecule has 1 aliphatic heterocycles. The summed E-state index contributed by atoms with van der Waals surface area (Å²) in [5.74, 6) is 0. The van der Waals surface area contributed by atoms with Crippen LogP contribution < -0.4 is 5.73 Å². The zero-order valence-corrected chi connectivity index (χ0v) is 13.0. The van der Waals surface area contributed by atoms with E-state index in [1.807, 2.05) is 45.0 Å². The van der Waals surface area contributed by atoms with Crippen molar-refractivity contribution in [2.45, 2.75) is 45.4 Å². The molecule has 0 aliphatic carbocycles. The third-order valence-corrected chi connectivity index (χ3v) is 3.31. The second-order valence-corrected chi connectivity index (χ2v) is 6.37. The fourth-order valence-electron chi connectivity index (χ4n) is 2.25. The summed E-state index contributed by atoms with van der Waals surface area (Å²) < 4.78 is 10.9. The van der Waals surface area contributed by atoms with E-state index in [0.717, 1.165) is 12.0 Å². The molecule has 5 nitrogen and oxygen atoms in total. The predicted molar refractivity (Wildman–Crippen MR) is 81.9 cm³/mol. The van der Waals surface area contributed by atoms with Gasteiger partial charge in [-0.2, -0.15) is 0 Å². The van der Waals surface area contributed by atoms with Crippen molar-refractivity contribution in [3.63, 3.8) is 0 Å². The summed E-state index contributed by atoms with van der Waals surface area (Å²) in [6, 6.07) is 7.62. The molecule has 0 bridgehead atoms. The van der Waals surface area contributed by atoms with Crippen LogP contribution in [0.4, 0.5) is 10.5 Å². The summed E-state index contributed by atoms with van der Waals surface area (Å²) in [6.45, 7) is 7.37. The average molecular weight is 292 g/mol. The number of hydrogen-bond donors (Lipinski definition) is 1. The molecular weight excluding hydrogens is 268 g/mol. The van der Waals surface area contributed by atoms with E-state index in [2.05, 4.69) is 0 Å². The van der Waals surface area contributed by atoms with Crippen LogP contribution in [0.15, 0.2) is 24.3 Å². The van der Waals surface area contributed by atoms with Gasteiger partial charge in [-0.25, -0.2) is 4.79 Å². The number of benzene rings is 1. The van der Waals surface area contributed by atoms with Gasteiger partial charge in [0.15, 0.2) is 0 Å². The van der Waals surface area contributed by atoms with Crippen LogP contribution in [0.2, 0.25) is 0 Å². The van der Waals surface area contributed by atoms with Crippen LogP contribution in [-0.2, 0) is 16.0 Å². The van der Waals surface area contributed by atoms with Gasteiger partial charge in [-0.1, -0.05) is 12.1 Å². The number of nitrogens with two attached hydrogens (primary N) is 1. The summed E-state index contributed by atoms with van der Waals surface area (Å²) in [6.07, 6.45) is 0.545. The quantitative estimate of drug-likeness (QED) is 0.870. The lowest BCUT2D eigenvalue weighted by Crippen LogP contribution is -2.43. The number of carbonyl (C=O) groups is 1. The zero-order chi connectivity index (χ0) is 15.5. The molecule has 5 heteroatoms. The Morgan fingerprint density at radius 1 is 1.38 bits per heavy atom. The Bertz CT molecular complexity index is 473. The van der Waals surface area contributed by atoms with Gasteiger partial charge >= 0.3 is 6.09 Å². The minimum Gasteiger partial charge on any atom is -0.444 e. The molecule has 0 saturated carbocycles. The highest BCUT2D eigenvalue weighted by Gasteiger charge is 2.30. The largest absolute Gasteiger partial charge is 0.444 e. The number of nitrogens with zero attached hydrogens (tertiary/aromatic N) is 1. The maximum Gasteiger partial charge on any atom is 0.410 e. The molecule has 0 aromatic heterocycles. The van der Waals surface area contributed by atoms with E-state index in [1.54, 1.807) is 4.90 Å². The number of carbonyl (C=O) groups excluding carboxylic acids is 1. The lowest BCUT2D eigenvalue weighted by Gasteiger charge is -2.31. The maximum absolute atomic E-state index is 12.4. The molecule has 1 aromatic rings. The molecule has 2 N–H and O–H groups in total. The van der Waals surface area contributed by atoms with Crippen molar-refractivity contribution < 1.29 is 14.3 Å².